The number of methoxy groups -OCH3 is 1. The number of halogens is 1. The van der Waals surface area contributed by atoms with Crippen molar-refractivity contribution >= 4 is 28.5 Å². The number of aryl methyl sites for hydroxylation is 1. The van der Waals surface area contributed by atoms with Crippen LogP contribution in [0.15, 0.2) is 29.3 Å². The van der Waals surface area contributed by atoms with Crippen LogP contribution in [0.2, 0.25) is 0 Å². The minimum atomic E-state index is -0.0650. The van der Waals surface area contributed by atoms with Crippen LogP contribution in [0, 0.1) is 18.7 Å². The lowest BCUT2D eigenvalue weighted by Gasteiger charge is -2.23. The minimum Gasteiger partial charge on any atom is -0.480 e. The largest absolute Gasteiger partial charge is 0.480 e. The van der Waals surface area contributed by atoms with Crippen LogP contribution in [0.5, 0.6) is 5.88 Å². The Kier molecular flexibility index (Phi) is 4.02. The summed E-state index contributed by atoms with van der Waals surface area (Å²) in [5.74, 6) is 0.942. The zero-order valence-electron chi connectivity index (χ0n) is 16.4. The first-order chi connectivity index (χ1) is 13.5. The van der Waals surface area contributed by atoms with E-state index < -0.39 is 0 Å². The van der Waals surface area contributed by atoms with Gasteiger partial charge in [0.05, 0.1) is 30.0 Å². The highest BCUT2D eigenvalue weighted by molar-refractivity contribution is 8.00. The average Bonchev–Trinajstić information content (AvgIpc) is 3.21. The van der Waals surface area contributed by atoms with E-state index in [9.17, 15) is 4.39 Å². The van der Waals surface area contributed by atoms with Crippen molar-refractivity contribution in [1.29, 1.82) is 0 Å². The Balaban J connectivity index is 1.65. The van der Waals surface area contributed by atoms with Gasteiger partial charge in [-0.3, -0.25) is 0 Å². The molecule has 3 aromatic rings. The van der Waals surface area contributed by atoms with Gasteiger partial charge in [-0.2, -0.15) is 0 Å². The van der Waals surface area contributed by atoms with Crippen molar-refractivity contribution in [2.45, 2.75) is 37.0 Å². The van der Waals surface area contributed by atoms with E-state index in [2.05, 4.69) is 34.8 Å². The molecule has 28 heavy (non-hydrogen) atoms. The van der Waals surface area contributed by atoms with Crippen LogP contribution in [0.1, 0.15) is 34.6 Å². The van der Waals surface area contributed by atoms with Crippen molar-refractivity contribution < 1.29 is 9.13 Å². The average molecular weight is 396 g/mol. The van der Waals surface area contributed by atoms with E-state index in [-0.39, 0.29) is 11.2 Å². The number of anilines is 1. The highest BCUT2D eigenvalue weighted by Crippen LogP contribution is 2.55. The molecule has 0 fully saturated rings. The molecule has 2 aliphatic rings. The van der Waals surface area contributed by atoms with Crippen LogP contribution >= 0.6 is 11.8 Å². The molecule has 0 saturated carbocycles. The Morgan fingerprint density at radius 1 is 1.21 bits per heavy atom. The van der Waals surface area contributed by atoms with Gasteiger partial charge in [-0.15, -0.1) is 0 Å². The molecule has 144 valence electrons. The maximum atomic E-state index is 14.8. The molecule has 2 atom stereocenters. The van der Waals surface area contributed by atoms with Crippen molar-refractivity contribution in [2.75, 3.05) is 19.1 Å². The first-order valence-electron chi connectivity index (χ1n) is 9.51. The molecule has 4 nitrogen and oxygen atoms in total. The monoisotopic (exact) mass is 395 g/mol. The molecule has 0 spiro atoms. The van der Waals surface area contributed by atoms with E-state index >= 15 is 0 Å². The number of aromatic nitrogens is 2. The predicted octanol–water partition coefficient (Wildman–Crippen LogP) is 5.06. The standard InChI is InChI=1S/C22H22FN3OS/c1-11-5-13-14(6-11)21-18(9-16(13)23)26(3)22(28-21)15-7-12(2)8-17-20(15)24-10-19(25-17)27-4/h7-11,22H,5-6H2,1-4H3/t11-,22?/m1/s1. The Morgan fingerprint density at radius 3 is 2.79 bits per heavy atom. The van der Waals surface area contributed by atoms with Gasteiger partial charge in [-0.1, -0.05) is 24.8 Å². The predicted molar refractivity (Wildman–Crippen MR) is 111 cm³/mol. The Bertz CT molecular complexity index is 1120. The molecule has 6 heteroatoms. The zero-order valence-corrected chi connectivity index (χ0v) is 17.2. The SMILES string of the molecule is COc1cnc2c(C3Sc4c(cc(F)c5c4C[C@H](C)C5)N3C)cc(C)cc2n1. The van der Waals surface area contributed by atoms with Crippen molar-refractivity contribution in [2.24, 2.45) is 5.92 Å². The second-order valence-electron chi connectivity index (χ2n) is 7.89. The first kappa shape index (κ1) is 17.7. The van der Waals surface area contributed by atoms with Crippen LogP contribution in [0.4, 0.5) is 10.1 Å². The number of thioether (sulfide) groups is 1. The number of rotatable bonds is 2. The number of nitrogens with zero attached hydrogens (tertiary/aromatic N) is 3. The van der Waals surface area contributed by atoms with Gasteiger partial charge in [0.25, 0.3) is 0 Å². The smallest absolute Gasteiger partial charge is 0.232 e. The summed E-state index contributed by atoms with van der Waals surface area (Å²) < 4.78 is 20.0. The highest BCUT2D eigenvalue weighted by Gasteiger charge is 2.36. The first-order valence-corrected chi connectivity index (χ1v) is 10.4. The fourth-order valence-electron chi connectivity index (χ4n) is 4.46. The number of hydrogen-bond acceptors (Lipinski definition) is 5. The second kappa shape index (κ2) is 6.34. The maximum Gasteiger partial charge on any atom is 0.232 e. The molecular weight excluding hydrogens is 373 g/mol. The molecule has 2 aromatic carbocycles. The fraction of sp³-hybridized carbons (Fsp3) is 0.364. The van der Waals surface area contributed by atoms with E-state index in [1.54, 1.807) is 19.4 Å². The number of benzene rings is 2. The Morgan fingerprint density at radius 2 is 2.00 bits per heavy atom. The molecule has 5 rings (SSSR count). The maximum absolute atomic E-state index is 14.8. The topological polar surface area (TPSA) is 38.2 Å². The lowest BCUT2D eigenvalue weighted by molar-refractivity contribution is 0.397. The quantitative estimate of drug-likeness (QED) is 0.606. The van der Waals surface area contributed by atoms with Crippen LogP contribution in [-0.2, 0) is 12.8 Å². The van der Waals surface area contributed by atoms with Crippen molar-refractivity contribution in [3.8, 4) is 5.88 Å². The Hall–Kier alpha value is -2.34. The normalized spacial score (nSPS) is 20.5. The molecule has 0 bridgehead atoms. The van der Waals surface area contributed by atoms with E-state index in [0.717, 1.165) is 46.3 Å². The minimum absolute atomic E-state index is 0.0434. The molecule has 0 N–H and O–H groups in total. The van der Waals surface area contributed by atoms with Gasteiger partial charge >= 0.3 is 0 Å². The second-order valence-corrected chi connectivity index (χ2v) is 8.98. The summed E-state index contributed by atoms with van der Waals surface area (Å²) in [6, 6.07) is 5.91. The molecule has 0 radical (unpaired) electrons. The highest BCUT2D eigenvalue weighted by atomic mass is 32.2. The zero-order chi connectivity index (χ0) is 19.6. The van der Waals surface area contributed by atoms with Gasteiger partial charge in [0.1, 0.15) is 11.2 Å². The summed E-state index contributed by atoms with van der Waals surface area (Å²) in [5, 5.41) is 0.0434. The summed E-state index contributed by atoms with van der Waals surface area (Å²) in [6.45, 7) is 4.26. The van der Waals surface area contributed by atoms with Crippen molar-refractivity contribution in [3.63, 3.8) is 0 Å². The number of hydrogen-bond donors (Lipinski definition) is 0. The van der Waals surface area contributed by atoms with E-state index in [1.807, 2.05) is 24.9 Å². The summed E-state index contributed by atoms with van der Waals surface area (Å²) in [7, 11) is 3.64. The molecule has 1 aliphatic carbocycles. The van der Waals surface area contributed by atoms with Crippen LogP contribution < -0.4 is 9.64 Å². The van der Waals surface area contributed by atoms with E-state index in [4.69, 9.17) is 4.74 Å². The Labute approximate surface area is 168 Å². The van der Waals surface area contributed by atoms with Gasteiger partial charge in [0, 0.05) is 17.5 Å². The molecule has 2 heterocycles. The fourth-order valence-corrected chi connectivity index (χ4v) is 5.94. The third-order valence-corrected chi connectivity index (χ3v) is 7.25. The van der Waals surface area contributed by atoms with Crippen molar-refractivity contribution in [3.05, 3.63) is 52.5 Å². The van der Waals surface area contributed by atoms with Gasteiger partial charge in [-0.25, -0.2) is 14.4 Å². The molecule has 1 unspecified atom stereocenters. The van der Waals surface area contributed by atoms with Gasteiger partial charge < -0.3 is 9.64 Å². The molecule has 1 aromatic heterocycles. The van der Waals surface area contributed by atoms with Crippen LogP contribution in [0.25, 0.3) is 11.0 Å². The molecule has 0 amide bonds. The number of fused-ring (bicyclic) bond motifs is 4. The van der Waals surface area contributed by atoms with E-state index in [1.165, 1.54) is 10.5 Å². The lowest BCUT2D eigenvalue weighted by Crippen LogP contribution is -2.18. The summed E-state index contributed by atoms with van der Waals surface area (Å²) in [4.78, 5) is 12.6. The van der Waals surface area contributed by atoms with Crippen LogP contribution in [-0.4, -0.2) is 24.1 Å². The molecule has 1 aliphatic heterocycles. The molecular formula is C22H22FN3OS. The van der Waals surface area contributed by atoms with Crippen molar-refractivity contribution in [1.82, 2.24) is 9.97 Å². The summed E-state index contributed by atoms with van der Waals surface area (Å²) >= 11 is 1.81. The third-order valence-electron chi connectivity index (χ3n) is 5.76. The number of ether oxygens (including phenoxy) is 1. The van der Waals surface area contributed by atoms with Gasteiger partial charge in [-0.05, 0) is 54.5 Å². The molecule has 0 saturated heterocycles. The lowest BCUT2D eigenvalue weighted by atomic mass is 10.1. The summed E-state index contributed by atoms with van der Waals surface area (Å²) in [5.41, 5.74) is 7.02. The van der Waals surface area contributed by atoms with Crippen LogP contribution in [0.3, 0.4) is 0 Å². The third kappa shape index (κ3) is 2.58. The van der Waals surface area contributed by atoms with E-state index in [0.29, 0.717) is 11.8 Å². The summed E-state index contributed by atoms with van der Waals surface area (Å²) in [6.07, 6.45) is 3.45. The van der Waals surface area contributed by atoms with Gasteiger partial charge in [0.2, 0.25) is 5.88 Å². The van der Waals surface area contributed by atoms with Gasteiger partial charge in [0.15, 0.2) is 0 Å².